The zero-order valence-corrected chi connectivity index (χ0v) is 14.7. The molecular weight excluding hydrogens is 407 g/mol. The minimum Gasteiger partial charge on any atom is -0.312 e. The molecule has 0 saturated carbocycles. The van der Waals surface area contributed by atoms with Crippen molar-refractivity contribution in [3.8, 4) is 0 Å². The van der Waals surface area contributed by atoms with Crippen molar-refractivity contribution in [2.24, 2.45) is 0 Å². The Morgan fingerprint density at radius 1 is 1.15 bits per heavy atom. The summed E-state index contributed by atoms with van der Waals surface area (Å²) in [7, 11) is -3.49. The van der Waals surface area contributed by atoms with Crippen LogP contribution in [0.4, 0.5) is 5.69 Å². The maximum absolute atomic E-state index is 12.3. The molecule has 0 saturated heterocycles. The Hall–Kier alpha value is -0.640. The Kier molecular flexibility index (Phi) is 5.42. The highest BCUT2D eigenvalue weighted by Crippen LogP contribution is 2.24. The molecule has 0 unspecified atom stereocenters. The number of hydrogen-bond donors (Lipinski definition) is 2. The first-order valence-corrected chi connectivity index (χ1v) is 9.47. The lowest BCUT2D eigenvalue weighted by atomic mass is 10.3. The molecule has 2 aromatic rings. The van der Waals surface area contributed by atoms with Gasteiger partial charge in [0.25, 0.3) is 10.0 Å². The van der Waals surface area contributed by atoms with E-state index in [2.05, 4.69) is 32.6 Å². The zero-order valence-electron chi connectivity index (χ0n) is 10.9. The second-order valence-corrected chi connectivity index (χ2v) is 8.44. The molecule has 0 spiro atoms. The first kappa shape index (κ1) is 15.7. The highest BCUT2D eigenvalue weighted by Gasteiger charge is 2.16. The van der Waals surface area contributed by atoms with Crippen LogP contribution in [0.5, 0.6) is 0 Å². The van der Waals surface area contributed by atoms with Gasteiger partial charge in [-0.15, -0.1) is 11.3 Å². The third-order valence-electron chi connectivity index (χ3n) is 2.55. The summed E-state index contributed by atoms with van der Waals surface area (Å²) in [6.45, 7) is 3.57. The van der Waals surface area contributed by atoms with Crippen LogP contribution in [0.1, 0.15) is 11.8 Å². The van der Waals surface area contributed by atoms with Crippen LogP contribution in [0, 0.1) is 3.57 Å². The molecular formula is C13H15IN2O2S2. The van der Waals surface area contributed by atoms with Crippen molar-refractivity contribution >= 4 is 49.6 Å². The van der Waals surface area contributed by atoms with Crippen LogP contribution in [-0.4, -0.2) is 15.0 Å². The summed E-state index contributed by atoms with van der Waals surface area (Å²) in [5.74, 6) is 0. The molecule has 0 aliphatic carbocycles. The molecule has 0 amide bonds. The van der Waals surface area contributed by atoms with Crippen LogP contribution in [0.25, 0.3) is 0 Å². The van der Waals surface area contributed by atoms with E-state index in [1.54, 1.807) is 18.2 Å². The standard InChI is InChI=1S/C13H15IN2O2S2/c1-2-15-9-12-7-8-13(19-12)20(17,18)16-11-5-3-10(14)4-6-11/h3-8,15-16H,2,9H2,1H3. The summed E-state index contributed by atoms with van der Waals surface area (Å²) in [6, 6.07) is 10.7. The molecule has 0 aliphatic heterocycles. The lowest BCUT2D eigenvalue weighted by Gasteiger charge is -2.06. The van der Waals surface area contributed by atoms with Crippen molar-refractivity contribution in [2.45, 2.75) is 17.7 Å². The third-order valence-corrected chi connectivity index (χ3v) is 6.23. The van der Waals surface area contributed by atoms with E-state index in [9.17, 15) is 8.42 Å². The molecule has 0 radical (unpaired) electrons. The molecule has 0 atom stereocenters. The number of halogens is 1. The first-order chi connectivity index (χ1) is 9.51. The minimum absolute atomic E-state index is 0.337. The monoisotopic (exact) mass is 422 g/mol. The zero-order chi connectivity index (χ0) is 14.6. The number of thiophene rings is 1. The Labute approximate surface area is 136 Å². The van der Waals surface area contributed by atoms with Gasteiger partial charge in [0.05, 0.1) is 0 Å². The van der Waals surface area contributed by atoms with Gasteiger partial charge in [0.15, 0.2) is 0 Å². The number of sulfonamides is 1. The first-order valence-electron chi connectivity index (χ1n) is 6.09. The van der Waals surface area contributed by atoms with Crippen LogP contribution < -0.4 is 10.0 Å². The summed E-state index contributed by atoms with van der Waals surface area (Å²) in [5.41, 5.74) is 0.576. The van der Waals surface area contributed by atoms with Gasteiger partial charge in [-0.3, -0.25) is 4.72 Å². The highest BCUT2D eigenvalue weighted by atomic mass is 127. The molecule has 4 nitrogen and oxygen atoms in total. The van der Waals surface area contributed by atoms with Gasteiger partial charge < -0.3 is 5.32 Å². The molecule has 0 aliphatic rings. The van der Waals surface area contributed by atoms with Crippen LogP contribution in [0.2, 0.25) is 0 Å². The van der Waals surface area contributed by atoms with Gasteiger partial charge in [0, 0.05) is 20.7 Å². The number of anilines is 1. The summed E-state index contributed by atoms with van der Waals surface area (Å²) in [5, 5.41) is 3.18. The van der Waals surface area contributed by atoms with Crippen molar-refractivity contribution in [1.82, 2.24) is 5.32 Å². The Bertz CT molecular complexity index is 666. The average Bonchev–Trinajstić information content (AvgIpc) is 2.88. The van der Waals surface area contributed by atoms with Crippen molar-refractivity contribution < 1.29 is 8.42 Å². The predicted octanol–water partition coefficient (Wildman–Crippen LogP) is 3.26. The highest BCUT2D eigenvalue weighted by molar-refractivity contribution is 14.1. The maximum Gasteiger partial charge on any atom is 0.271 e. The smallest absolute Gasteiger partial charge is 0.271 e. The third kappa shape index (κ3) is 4.18. The number of rotatable bonds is 6. The van der Waals surface area contributed by atoms with Crippen molar-refractivity contribution in [3.63, 3.8) is 0 Å². The fraction of sp³-hybridized carbons (Fsp3) is 0.231. The van der Waals surface area contributed by atoms with Gasteiger partial charge >= 0.3 is 0 Å². The van der Waals surface area contributed by atoms with Gasteiger partial charge in [-0.2, -0.15) is 0 Å². The second-order valence-electron chi connectivity index (χ2n) is 4.11. The van der Waals surface area contributed by atoms with Crippen molar-refractivity contribution in [1.29, 1.82) is 0 Å². The predicted molar refractivity (Wildman–Crippen MR) is 91.7 cm³/mol. The van der Waals surface area contributed by atoms with E-state index in [0.717, 1.165) is 15.0 Å². The average molecular weight is 422 g/mol. The molecule has 1 aromatic carbocycles. The van der Waals surface area contributed by atoms with Gasteiger partial charge in [-0.05, 0) is 65.5 Å². The van der Waals surface area contributed by atoms with E-state index < -0.39 is 10.0 Å². The molecule has 7 heteroatoms. The Morgan fingerprint density at radius 3 is 2.50 bits per heavy atom. The van der Waals surface area contributed by atoms with Crippen molar-refractivity contribution in [2.75, 3.05) is 11.3 Å². The normalized spacial score (nSPS) is 11.5. The summed E-state index contributed by atoms with van der Waals surface area (Å²) in [6.07, 6.45) is 0. The van der Waals surface area contributed by atoms with E-state index in [0.29, 0.717) is 16.4 Å². The fourth-order valence-electron chi connectivity index (χ4n) is 1.57. The topological polar surface area (TPSA) is 58.2 Å². The quantitative estimate of drug-likeness (QED) is 0.703. The lowest BCUT2D eigenvalue weighted by Crippen LogP contribution is -2.11. The fourth-order valence-corrected chi connectivity index (χ4v) is 4.31. The van der Waals surface area contributed by atoms with E-state index >= 15 is 0 Å². The van der Waals surface area contributed by atoms with Gasteiger partial charge in [-0.1, -0.05) is 6.92 Å². The summed E-state index contributed by atoms with van der Waals surface area (Å²) >= 11 is 3.47. The second kappa shape index (κ2) is 6.88. The largest absolute Gasteiger partial charge is 0.312 e. The molecule has 0 bridgehead atoms. The van der Waals surface area contributed by atoms with Crippen LogP contribution >= 0.6 is 33.9 Å². The van der Waals surface area contributed by atoms with E-state index in [1.165, 1.54) is 11.3 Å². The van der Waals surface area contributed by atoms with Crippen LogP contribution in [0.3, 0.4) is 0 Å². The maximum atomic E-state index is 12.3. The van der Waals surface area contributed by atoms with Crippen molar-refractivity contribution in [3.05, 3.63) is 44.8 Å². The number of hydrogen-bond acceptors (Lipinski definition) is 4. The molecule has 1 heterocycles. The number of benzene rings is 1. The Balaban J connectivity index is 2.13. The van der Waals surface area contributed by atoms with E-state index in [4.69, 9.17) is 0 Å². The van der Waals surface area contributed by atoms with Gasteiger partial charge in [-0.25, -0.2) is 8.42 Å². The van der Waals surface area contributed by atoms with Crippen LogP contribution in [0.15, 0.2) is 40.6 Å². The Morgan fingerprint density at radius 2 is 1.85 bits per heavy atom. The van der Waals surface area contributed by atoms with E-state index in [1.807, 2.05) is 25.1 Å². The lowest BCUT2D eigenvalue weighted by molar-refractivity contribution is 0.603. The van der Waals surface area contributed by atoms with Gasteiger partial charge in [0.1, 0.15) is 4.21 Å². The van der Waals surface area contributed by atoms with Gasteiger partial charge in [0.2, 0.25) is 0 Å². The minimum atomic E-state index is -3.49. The summed E-state index contributed by atoms with van der Waals surface area (Å²) < 4.78 is 28.5. The SMILES string of the molecule is CCNCc1ccc(S(=O)(=O)Nc2ccc(I)cc2)s1. The molecule has 20 heavy (non-hydrogen) atoms. The van der Waals surface area contributed by atoms with E-state index in [-0.39, 0.29) is 0 Å². The molecule has 108 valence electrons. The molecule has 0 fully saturated rings. The summed E-state index contributed by atoms with van der Waals surface area (Å²) in [4.78, 5) is 1.01. The molecule has 2 rings (SSSR count). The number of nitrogens with one attached hydrogen (secondary N) is 2. The molecule has 2 N–H and O–H groups in total. The van der Waals surface area contributed by atoms with Crippen LogP contribution in [-0.2, 0) is 16.6 Å². The molecule has 1 aromatic heterocycles.